The number of nitrogens with zero attached hydrogens (tertiary/aromatic N) is 2. The van der Waals surface area contributed by atoms with Gasteiger partial charge in [-0.25, -0.2) is 0 Å². The molecule has 1 unspecified atom stereocenters. The van der Waals surface area contributed by atoms with Crippen molar-refractivity contribution in [3.63, 3.8) is 0 Å². The molecule has 1 aliphatic heterocycles. The number of nitro groups is 1. The van der Waals surface area contributed by atoms with Gasteiger partial charge in [-0.2, -0.15) is 0 Å². The van der Waals surface area contributed by atoms with Crippen LogP contribution in [0, 0.1) is 10.1 Å². The lowest BCUT2D eigenvalue weighted by atomic mass is 10.1. The summed E-state index contributed by atoms with van der Waals surface area (Å²) in [5, 5.41) is 15.5. The third-order valence-corrected chi connectivity index (χ3v) is 4.09. The molecule has 1 fully saturated rings. The molecule has 7 heteroatoms. The summed E-state index contributed by atoms with van der Waals surface area (Å²) >= 11 is 1.00. The maximum absolute atomic E-state index is 12.4. The summed E-state index contributed by atoms with van der Waals surface area (Å²) in [5.41, 5.74) is 0.428. The van der Waals surface area contributed by atoms with E-state index >= 15 is 0 Å². The van der Waals surface area contributed by atoms with Gasteiger partial charge in [0.25, 0.3) is 5.91 Å². The summed E-state index contributed by atoms with van der Waals surface area (Å²) in [4.78, 5) is 24.5. The zero-order valence-electron chi connectivity index (χ0n) is 10.8. The summed E-state index contributed by atoms with van der Waals surface area (Å²) < 4.78 is 0. The van der Waals surface area contributed by atoms with Gasteiger partial charge in [-0.3, -0.25) is 14.9 Å². The smallest absolute Gasteiger partial charge is 0.324 e. The first-order chi connectivity index (χ1) is 9.13. The van der Waals surface area contributed by atoms with Gasteiger partial charge < -0.3 is 10.2 Å². The number of rotatable bonds is 5. The molecule has 6 nitrogen and oxygen atoms in total. The number of nitrogens with one attached hydrogen (secondary N) is 1. The van der Waals surface area contributed by atoms with E-state index in [-0.39, 0.29) is 17.0 Å². The minimum Gasteiger partial charge on any atom is -0.334 e. The first-order valence-corrected chi connectivity index (χ1v) is 7.26. The molecule has 0 aliphatic carbocycles. The fourth-order valence-corrected chi connectivity index (χ4v) is 2.99. The first-order valence-electron chi connectivity index (χ1n) is 6.38. The third kappa shape index (κ3) is 3.10. The van der Waals surface area contributed by atoms with E-state index in [2.05, 4.69) is 5.32 Å². The Morgan fingerprint density at radius 1 is 1.68 bits per heavy atom. The van der Waals surface area contributed by atoms with Gasteiger partial charge in [0.1, 0.15) is 0 Å². The molecule has 1 atom stereocenters. The third-order valence-electron chi connectivity index (χ3n) is 3.21. The maximum Gasteiger partial charge on any atom is 0.324 e. The Kier molecular flexibility index (Phi) is 4.49. The summed E-state index contributed by atoms with van der Waals surface area (Å²) in [6.07, 6.45) is 1.83. The number of carbonyl (C=O) groups is 1. The van der Waals surface area contributed by atoms with Crippen molar-refractivity contribution in [3.8, 4) is 0 Å². The quantitative estimate of drug-likeness (QED) is 0.661. The van der Waals surface area contributed by atoms with Crippen LogP contribution in [0.1, 0.15) is 30.1 Å². The highest BCUT2D eigenvalue weighted by atomic mass is 32.1. The molecule has 0 bridgehead atoms. The fraction of sp³-hybridized carbons (Fsp3) is 0.583. The van der Waals surface area contributed by atoms with Crippen LogP contribution in [0.25, 0.3) is 0 Å². The van der Waals surface area contributed by atoms with E-state index in [0.717, 1.165) is 37.3 Å². The molecule has 0 saturated carbocycles. The molecule has 1 aromatic heterocycles. The van der Waals surface area contributed by atoms with Crippen LogP contribution in [-0.2, 0) is 0 Å². The van der Waals surface area contributed by atoms with E-state index in [0.29, 0.717) is 12.1 Å². The zero-order chi connectivity index (χ0) is 13.8. The second kappa shape index (κ2) is 6.12. The molecule has 1 aliphatic rings. The predicted octanol–water partition coefficient (Wildman–Crippen LogP) is 1.87. The van der Waals surface area contributed by atoms with Crippen molar-refractivity contribution in [2.75, 3.05) is 19.6 Å². The van der Waals surface area contributed by atoms with Crippen LogP contribution in [0.4, 0.5) is 5.00 Å². The first kappa shape index (κ1) is 14.0. The van der Waals surface area contributed by atoms with Gasteiger partial charge in [-0.1, -0.05) is 18.3 Å². The molecule has 2 heterocycles. The Morgan fingerprint density at radius 3 is 3.00 bits per heavy atom. The number of carbonyl (C=O) groups excluding carboxylic acids is 1. The topological polar surface area (TPSA) is 75.5 Å². The van der Waals surface area contributed by atoms with Crippen LogP contribution in [0.15, 0.2) is 11.4 Å². The van der Waals surface area contributed by atoms with Crippen molar-refractivity contribution in [2.45, 2.75) is 25.8 Å². The highest BCUT2D eigenvalue weighted by molar-refractivity contribution is 7.13. The number of hydrogen-bond acceptors (Lipinski definition) is 5. The molecule has 19 heavy (non-hydrogen) atoms. The molecule has 0 radical (unpaired) electrons. The van der Waals surface area contributed by atoms with Crippen LogP contribution in [0.3, 0.4) is 0 Å². The standard InChI is InChI=1S/C12H17N3O3S/c1-2-5-14(10-3-4-13-7-10)12(16)9-6-11(15(17)18)19-8-9/h6,8,10,13H,2-5,7H2,1H3. The molecular formula is C12H17N3O3S. The second-order valence-electron chi connectivity index (χ2n) is 4.58. The molecule has 0 spiro atoms. The van der Waals surface area contributed by atoms with E-state index in [4.69, 9.17) is 0 Å². The Labute approximate surface area is 115 Å². The lowest BCUT2D eigenvalue weighted by Crippen LogP contribution is -2.41. The maximum atomic E-state index is 12.4. The van der Waals surface area contributed by atoms with Gasteiger partial charge >= 0.3 is 5.00 Å². The average molecular weight is 283 g/mol. The number of hydrogen-bond donors (Lipinski definition) is 1. The SMILES string of the molecule is CCCN(C(=O)c1csc([N+](=O)[O-])c1)C1CCNC1. The Hall–Kier alpha value is -1.47. The monoisotopic (exact) mass is 283 g/mol. The van der Waals surface area contributed by atoms with Gasteiger partial charge in [0.05, 0.1) is 10.5 Å². The van der Waals surface area contributed by atoms with Crippen LogP contribution in [0.5, 0.6) is 0 Å². The number of amides is 1. The lowest BCUT2D eigenvalue weighted by Gasteiger charge is -2.27. The lowest BCUT2D eigenvalue weighted by molar-refractivity contribution is -0.380. The average Bonchev–Trinajstić information content (AvgIpc) is 3.05. The van der Waals surface area contributed by atoms with Crippen molar-refractivity contribution in [1.82, 2.24) is 10.2 Å². The highest BCUT2D eigenvalue weighted by Crippen LogP contribution is 2.24. The molecule has 104 valence electrons. The van der Waals surface area contributed by atoms with Crippen LogP contribution in [-0.4, -0.2) is 41.4 Å². The second-order valence-corrected chi connectivity index (χ2v) is 5.47. The summed E-state index contributed by atoms with van der Waals surface area (Å²) in [6.45, 7) is 4.44. The predicted molar refractivity (Wildman–Crippen MR) is 73.6 cm³/mol. The molecule has 2 rings (SSSR count). The molecule has 0 aromatic carbocycles. The van der Waals surface area contributed by atoms with Crippen molar-refractivity contribution in [3.05, 3.63) is 27.1 Å². The summed E-state index contributed by atoms with van der Waals surface area (Å²) in [7, 11) is 0. The van der Waals surface area contributed by atoms with E-state index < -0.39 is 4.92 Å². The Morgan fingerprint density at radius 2 is 2.47 bits per heavy atom. The highest BCUT2D eigenvalue weighted by Gasteiger charge is 2.28. The van der Waals surface area contributed by atoms with Crippen molar-refractivity contribution >= 4 is 22.2 Å². The minimum absolute atomic E-state index is 0.0179. The molecule has 1 aromatic rings. The van der Waals surface area contributed by atoms with E-state index in [1.54, 1.807) is 5.38 Å². The molecular weight excluding hydrogens is 266 g/mol. The minimum atomic E-state index is -0.456. The molecule has 1 amide bonds. The summed E-state index contributed by atoms with van der Waals surface area (Å²) in [6, 6.07) is 1.57. The van der Waals surface area contributed by atoms with Crippen LogP contribution >= 0.6 is 11.3 Å². The van der Waals surface area contributed by atoms with Crippen molar-refractivity contribution in [2.24, 2.45) is 0 Å². The fourth-order valence-electron chi connectivity index (χ4n) is 2.29. The van der Waals surface area contributed by atoms with Gasteiger partial charge in [0.15, 0.2) is 0 Å². The van der Waals surface area contributed by atoms with E-state index in [1.165, 1.54) is 6.07 Å². The van der Waals surface area contributed by atoms with Crippen molar-refractivity contribution < 1.29 is 9.72 Å². The largest absolute Gasteiger partial charge is 0.334 e. The van der Waals surface area contributed by atoms with E-state index in [1.807, 2.05) is 11.8 Å². The van der Waals surface area contributed by atoms with Crippen molar-refractivity contribution in [1.29, 1.82) is 0 Å². The summed E-state index contributed by atoms with van der Waals surface area (Å²) in [5.74, 6) is -0.0973. The van der Waals surface area contributed by atoms with Gasteiger partial charge in [-0.15, -0.1) is 0 Å². The molecule has 1 N–H and O–H groups in total. The Balaban J connectivity index is 2.15. The van der Waals surface area contributed by atoms with Crippen LogP contribution < -0.4 is 5.32 Å². The Bertz CT molecular complexity index is 469. The number of thiophene rings is 1. The van der Waals surface area contributed by atoms with Crippen LogP contribution in [0.2, 0.25) is 0 Å². The molecule has 1 saturated heterocycles. The van der Waals surface area contributed by atoms with Gasteiger partial charge in [0.2, 0.25) is 0 Å². The normalized spacial score (nSPS) is 18.5. The van der Waals surface area contributed by atoms with Gasteiger partial charge in [0, 0.05) is 30.6 Å². The van der Waals surface area contributed by atoms with E-state index in [9.17, 15) is 14.9 Å². The zero-order valence-corrected chi connectivity index (χ0v) is 11.6. The van der Waals surface area contributed by atoms with Gasteiger partial charge in [-0.05, 0) is 19.4 Å².